The van der Waals surface area contributed by atoms with Crippen molar-refractivity contribution in [2.45, 2.75) is 32.4 Å². The molecule has 27 heavy (non-hydrogen) atoms. The van der Waals surface area contributed by atoms with Gasteiger partial charge in [-0.05, 0) is 18.9 Å². The molecule has 6 heteroatoms. The van der Waals surface area contributed by atoms with Gasteiger partial charge in [0.1, 0.15) is 17.5 Å². The molecule has 3 heterocycles. The molecule has 1 fully saturated rings. The summed E-state index contributed by atoms with van der Waals surface area (Å²) in [4.78, 5) is 16.0. The van der Waals surface area contributed by atoms with Crippen LogP contribution in [0.4, 0.5) is 5.82 Å². The molecular formula is C21H25N5O. The number of aromatic nitrogens is 4. The molecule has 1 atom stereocenters. The second-order valence-corrected chi connectivity index (χ2v) is 7.07. The lowest BCUT2D eigenvalue weighted by Gasteiger charge is -2.20. The maximum Gasteiger partial charge on any atom is 0.132 e. The number of hydrogen-bond acceptors (Lipinski definition) is 5. The second-order valence-electron chi connectivity index (χ2n) is 7.07. The van der Waals surface area contributed by atoms with Crippen molar-refractivity contribution in [3.63, 3.8) is 0 Å². The minimum absolute atomic E-state index is 0.374. The van der Waals surface area contributed by atoms with Crippen LogP contribution in [0.15, 0.2) is 48.8 Å². The third-order valence-electron chi connectivity index (χ3n) is 4.96. The van der Waals surface area contributed by atoms with Gasteiger partial charge in [0.15, 0.2) is 0 Å². The fourth-order valence-electron chi connectivity index (χ4n) is 3.46. The summed E-state index contributed by atoms with van der Waals surface area (Å²) in [6.45, 7) is 5.03. The number of nitrogens with zero attached hydrogens (tertiary/aromatic N) is 5. The Hall–Kier alpha value is -2.73. The Bertz CT molecular complexity index is 887. The van der Waals surface area contributed by atoms with E-state index in [1.807, 2.05) is 25.4 Å². The van der Waals surface area contributed by atoms with E-state index in [2.05, 4.69) is 61.8 Å². The molecule has 0 saturated carbocycles. The van der Waals surface area contributed by atoms with Gasteiger partial charge in [-0.15, -0.1) is 0 Å². The van der Waals surface area contributed by atoms with Gasteiger partial charge in [0.2, 0.25) is 0 Å². The summed E-state index contributed by atoms with van der Waals surface area (Å²) in [6, 6.07) is 12.5. The molecule has 3 aromatic rings. The van der Waals surface area contributed by atoms with Gasteiger partial charge in [0, 0.05) is 44.6 Å². The van der Waals surface area contributed by atoms with Gasteiger partial charge >= 0.3 is 0 Å². The lowest BCUT2D eigenvalue weighted by atomic mass is 10.0. The zero-order chi connectivity index (χ0) is 18.6. The monoisotopic (exact) mass is 363 g/mol. The molecule has 0 aliphatic carbocycles. The van der Waals surface area contributed by atoms with Crippen LogP contribution >= 0.6 is 0 Å². The second kappa shape index (κ2) is 7.88. The van der Waals surface area contributed by atoms with Crippen LogP contribution in [-0.2, 0) is 17.8 Å². The van der Waals surface area contributed by atoms with E-state index in [1.165, 1.54) is 5.56 Å². The average molecular weight is 363 g/mol. The first kappa shape index (κ1) is 17.7. The van der Waals surface area contributed by atoms with E-state index in [9.17, 15) is 0 Å². The third-order valence-corrected chi connectivity index (χ3v) is 4.96. The first-order valence-electron chi connectivity index (χ1n) is 9.37. The molecule has 1 aromatic carbocycles. The van der Waals surface area contributed by atoms with Crippen LogP contribution in [0.5, 0.6) is 0 Å². The summed E-state index contributed by atoms with van der Waals surface area (Å²) in [5.41, 5.74) is 2.34. The summed E-state index contributed by atoms with van der Waals surface area (Å²) in [6.07, 6.45) is 4.92. The van der Waals surface area contributed by atoms with Crippen molar-refractivity contribution in [2.75, 3.05) is 25.2 Å². The molecule has 0 unspecified atom stereocenters. The van der Waals surface area contributed by atoms with Crippen molar-refractivity contribution < 1.29 is 4.74 Å². The molecule has 1 aliphatic heterocycles. The third kappa shape index (κ3) is 4.17. The number of anilines is 1. The number of benzene rings is 1. The maximum atomic E-state index is 5.52. The van der Waals surface area contributed by atoms with Gasteiger partial charge in [0.05, 0.1) is 18.8 Å². The molecule has 0 amide bonds. The highest BCUT2D eigenvalue weighted by Gasteiger charge is 2.21. The van der Waals surface area contributed by atoms with E-state index in [1.54, 1.807) is 0 Å². The van der Waals surface area contributed by atoms with Crippen molar-refractivity contribution >= 4 is 5.82 Å². The minimum Gasteiger partial charge on any atom is -0.381 e. The van der Waals surface area contributed by atoms with E-state index in [-0.39, 0.29) is 0 Å². The van der Waals surface area contributed by atoms with E-state index in [0.717, 1.165) is 49.3 Å². The molecule has 2 aromatic heterocycles. The fourth-order valence-corrected chi connectivity index (χ4v) is 3.46. The summed E-state index contributed by atoms with van der Waals surface area (Å²) in [5, 5.41) is 0. The quantitative estimate of drug-likeness (QED) is 0.673. The zero-order valence-corrected chi connectivity index (χ0v) is 15.9. The number of hydrogen-bond donors (Lipinski definition) is 0. The summed E-state index contributed by atoms with van der Waals surface area (Å²) in [5.74, 6) is 3.12. The van der Waals surface area contributed by atoms with Crippen molar-refractivity contribution in [1.82, 2.24) is 19.5 Å². The Labute approximate surface area is 159 Å². The number of aryl methyl sites for hydroxylation is 1. The van der Waals surface area contributed by atoms with Gasteiger partial charge in [-0.25, -0.2) is 15.0 Å². The number of rotatable bonds is 6. The smallest absolute Gasteiger partial charge is 0.132 e. The summed E-state index contributed by atoms with van der Waals surface area (Å²) < 4.78 is 7.71. The molecule has 0 N–H and O–H groups in total. The largest absolute Gasteiger partial charge is 0.381 e. The van der Waals surface area contributed by atoms with Crippen molar-refractivity contribution in [1.29, 1.82) is 0 Å². The predicted octanol–water partition coefficient (Wildman–Crippen LogP) is 3.17. The average Bonchev–Trinajstić information content (AvgIpc) is 3.35. The van der Waals surface area contributed by atoms with Crippen LogP contribution in [0.2, 0.25) is 0 Å². The topological polar surface area (TPSA) is 56.1 Å². The number of ether oxygens (including phenoxy) is 1. The van der Waals surface area contributed by atoms with Crippen molar-refractivity contribution in [3.8, 4) is 0 Å². The van der Waals surface area contributed by atoms with Crippen LogP contribution in [0, 0.1) is 6.92 Å². The molecule has 0 radical (unpaired) electrons. The molecule has 0 spiro atoms. The van der Waals surface area contributed by atoms with Crippen LogP contribution in [0.25, 0.3) is 0 Å². The highest BCUT2D eigenvalue weighted by Crippen LogP contribution is 2.26. The molecule has 0 bridgehead atoms. The first-order valence-corrected chi connectivity index (χ1v) is 9.37. The SMILES string of the molecule is Cc1nc([C@@H]2CCOC2)cc(N(C)Cc2nccn2Cc2ccccc2)n1. The Morgan fingerprint density at radius 1 is 1.22 bits per heavy atom. The Balaban J connectivity index is 1.51. The van der Waals surface area contributed by atoms with Gasteiger partial charge in [-0.3, -0.25) is 0 Å². The standard InChI is InChI=1S/C21H25N5O/c1-16-23-19(18-8-11-27-15-18)12-20(24-16)25(2)14-21-22-9-10-26(21)13-17-6-4-3-5-7-17/h3-7,9-10,12,18H,8,11,13-15H2,1-2H3/t18-/m1/s1. The number of imidazole rings is 1. The van der Waals surface area contributed by atoms with E-state index >= 15 is 0 Å². The lowest BCUT2D eigenvalue weighted by Crippen LogP contribution is -2.22. The van der Waals surface area contributed by atoms with Gasteiger partial charge < -0.3 is 14.2 Å². The Kier molecular flexibility index (Phi) is 5.16. The Morgan fingerprint density at radius 3 is 2.85 bits per heavy atom. The Morgan fingerprint density at radius 2 is 2.07 bits per heavy atom. The van der Waals surface area contributed by atoms with Gasteiger partial charge in [0.25, 0.3) is 0 Å². The molecule has 140 valence electrons. The van der Waals surface area contributed by atoms with Crippen molar-refractivity contribution in [2.24, 2.45) is 0 Å². The zero-order valence-electron chi connectivity index (χ0n) is 15.9. The van der Waals surface area contributed by atoms with Gasteiger partial charge in [-0.1, -0.05) is 30.3 Å². The molecule has 1 aliphatic rings. The first-order chi connectivity index (χ1) is 13.2. The summed E-state index contributed by atoms with van der Waals surface area (Å²) >= 11 is 0. The molecule has 6 nitrogen and oxygen atoms in total. The highest BCUT2D eigenvalue weighted by molar-refractivity contribution is 5.40. The van der Waals surface area contributed by atoms with Crippen LogP contribution in [0.3, 0.4) is 0 Å². The highest BCUT2D eigenvalue weighted by atomic mass is 16.5. The maximum absolute atomic E-state index is 5.52. The van der Waals surface area contributed by atoms with E-state index < -0.39 is 0 Å². The van der Waals surface area contributed by atoms with E-state index in [4.69, 9.17) is 4.74 Å². The fraction of sp³-hybridized carbons (Fsp3) is 0.381. The van der Waals surface area contributed by atoms with Crippen LogP contribution < -0.4 is 4.90 Å². The normalized spacial score (nSPS) is 16.6. The van der Waals surface area contributed by atoms with Crippen LogP contribution in [0.1, 0.15) is 35.2 Å². The molecular weight excluding hydrogens is 338 g/mol. The van der Waals surface area contributed by atoms with Crippen molar-refractivity contribution in [3.05, 3.63) is 71.7 Å². The summed E-state index contributed by atoms with van der Waals surface area (Å²) in [7, 11) is 2.05. The van der Waals surface area contributed by atoms with Gasteiger partial charge in [-0.2, -0.15) is 0 Å². The molecule has 4 rings (SSSR count). The minimum atomic E-state index is 0.374. The lowest BCUT2D eigenvalue weighted by molar-refractivity contribution is 0.193. The molecule has 1 saturated heterocycles. The predicted molar refractivity (Wildman–Crippen MR) is 105 cm³/mol. The van der Waals surface area contributed by atoms with Crippen LogP contribution in [-0.4, -0.2) is 39.8 Å². The van der Waals surface area contributed by atoms with E-state index in [0.29, 0.717) is 12.5 Å².